The van der Waals surface area contributed by atoms with Gasteiger partial charge in [0, 0.05) is 42.5 Å². The van der Waals surface area contributed by atoms with E-state index in [1.165, 1.54) is 10.4 Å². The van der Waals surface area contributed by atoms with Gasteiger partial charge in [0.15, 0.2) is 0 Å². The second-order valence-electron chi connectivity index (χ2n) is 8.08. The minimum absolute atomic E-state index is 0.0364. The number of halogens is 1. The maximum atomic E-state index is 13.2. The number of ether oxygens (including phenoxy) is 1. The van der Waals surface area contributed by atoms with E-state index in [0.29, 0.717) is 36.1 Å². The zero-order valence-corrected chi connectivity index (χ0v) is 19.9. The lowest BCUT2D eigenvalue weighted by atomic mass is 10.1. The van der Waals surface area contributed by atoms with E-state index in [1.807, 2.05) is 0 Å². The number of amides is 2. The lowest BCUT2D eigenvalue weighted by Crippen LogP contribution is -2.29. The minimum Gasteiger partial charge on any atom is -0.492 e. The highest BCUT2D eigenvalue weighted by molar-refractivity contribution is 7.89. The number of nitrogens with one attached hydrogen (secondary N) is 1. The number of sulfonamides is 1. The largest absolute Gasteiger partial charge is 0.492 e. The Morgan fingerprint density at radius 3 is 2.52 bits per heavy atom. The van der Waals surface area contributed by atoms with Crippen LogP contribution < -0.4 is 15.0 Å². The molecule has 10 heteroatoms. The summed E-state index contributed by atoms with van der Waals surface area (Å²) in [4.78, 5) is 27.0. The average molecular weight is 492 g/mol. The number of hydrogen-bond donors (Lipinski definition) is 1. The number of anilines is 2. The van der Waals surface area contributed by atoms with Gasteiger partial charge in [-0.25, -0.2) is 8.42 Å². The molecule has 0 radical (unpaired) electrons. The summed E-state index contributed by atoms with van der Waals surface area (Å²) in [6, 6.07) is 11.5. The quantitative estimate of drug-likeness (QED) is 0.639. The van der Waals surface area contributed by atoms with E-state index in [2.05, 4.69) is 5.32 Å². The molecular weight excluding hydrogens is 466 g/mol. The van der Waals surface area contributed by atoms with E-state index in [0.717, 1.165) is 12.8 Å². The van der Waals surface area contributed by atoms with E-state index in [-0.39, 0.29) is 35.4 Å². The standard InChI is InChI=1S/C23H26ClN3O5S/c1-2-32-20-10-7-18(14-21(20)33(30,31)26-11-3-4-12-26)25-23(29)16-13-22(28)27(15-16)19-8-5-17(24)6-9-19/h5-10,14,16H,2-4,11-13,15H2,1H3,(H,25,29). The lowest BCUT2D eigenvalue weighted by molar-refractivity contribution is -0.122. The number of nitrogens with zero attached hydrogens (tertiary/aromatic N) is 2. The van der Waals surface area contributed by atoms with Crippen molar-refractivity contribution in [3.63, 3.8) is 0 Å². The molecule has 1 unspecified atom stereocenters. The molecule has 8 nitrogen and oxygen atoms in total. The maximum Gasteiger partial charge on any atom is 0.246 e. The first kappa shape index (κ1) is 23.5. The molecule has 2 amide bonds. The topological polar surface area (TPSA) is 96.0 Å². The molecule has 1 atom stereocenters. The van der Waals surface area contributed by atoms with Gasteiger partial charge in [-0.05, 0) is 62.2 Å². The fourth-order valence-electron chi connectivity index (χ4n) is 4.13. The van der Waals surface area contributed by atoms with Crippen LogP contribution in [0.3, 0.4) is 0 Å². The molecule has 0 spiro atoms. The van der Waals surface area contributed by atoms with Crippen LogP contribution in [0.2, 0.25) is 5.02 Å². The van der Waals surface area contributed by atoms with Crippen molar-refractivity contribution < 1.29 is 22.7 Å². The first-order chi connectivity index (χ1) is 15.8. The highest BCUT2D eigenvalue weighted by Gasteiger charge is 2.36. The van der Waals surface area contributed by atoms with Crippen LogP contribution in [-0.2, 0) is 19.6 Å². The van der Waals surface area contributed by atoms with Crippen molar-refractivity contribution in [2.45, 2.75) is 31.1 Å². The van der Waals surface area contributed by atoms with Gasteiger partial charge in [0.2, 0.25) is 21.8 Å². The maximum absolute atomic E-state index is 13.2. The molecule has 2 heterocycles. The Morgan fingerprint density at radius 1 is 1.15 bits per heavy atom. The molecule has 2 aromatic rings. The predicted molar refractivity (Wildman–Crippen MR) is 126 cm³/mol. The summed E-state index contributed by atoms with van der Waals surface area (Å²) in [6.45, 7) is 3.27. The number of benzene rings is 2. The molecule has 1 N–H and O–H groups in total. The fraction of sp³-hybridized carbons (Fsp3) is 0.391. The third-order valence-electron chi connectivity index (χ3n) is 5.83. The molecule has 0 aromatic heterocycles. The number of hydrogen-bond acceptors (Lipinski definition) is 5. The van der Waals surface area contributed by atoms with Crippen LogP contribution in [0.4, 0.5) is 11.4 Å². The summed E-state index contributed by atoms with van der Waals surface area (Å²) in [6.07, 6.45) is 1.71. The second-order valence-corrected chi connectivity index (χ2v) is 10.4. The summed E-state index contributed by atoms with van der Waals surface area (Å²) in [5.41, 5.74) is 1.03. The number of carbonyl (C=O) groups is 2. The molecule has 0 bridgehead atoms. The predicted octanol–water partition coefficient (Wildman–Crippen LogP) is 3.51. The zero-order valence-electron chi connectivity index (χ0n) is 18.3. The van der Waals surface area contributed by atoms with E-state index in [1.54, 1.807) is 48.2 Å². The number of rotatable bonds is 7. The molecule has 0 aliphatic carbocycles. The second kappa shape index (κ2) is 9.70. The number of carbonyl (C=O) groups excluding carboxylic acids is 2. The highest BCUT2D eigenvalue weighted by Crippen LogP contribution is 2.32. The van der Waals surface area contributed by atoms with Gasteiger partial charge < -0.3 is 15.0 Å². The van der Waals surface area contributed by atoms with Crippen molar-refractivity contribution in [3.8, 4) is 5.75 Å². The molecule has 2 aliphatic heterocycles. The van der Waals surface area contributed by atoms with E-state index in [9.17, 15) is 18.0 Å². The molecule has 0 saturated carbocycles. The van der Waals surface area contributed by atoms with E-state index < -0.39 is 15.9 Å². The summed E-state index contributed by atoms with van der Waals surface area (Å²) < 4.78 is 33.3. The van der Waals surface area contributed by atoms with Crippen molar-refractivity contribution in [1.29, 1.82) is 0 Å². The third-order valence-corrected chi connectivity index (χ3v) is 8.00. The molecule has 2 aliphatic rings. The Kier molecular flexibility index (Phi) is 6.92. The monoisotopic (exact) mass is 491 g/mol. The van der Waals surface area contributed by atoms with Crippen LogP contribution in [0.25, 0.3) is 0 Å². The van der Waals surface area contributed by atoms with Gasteiger partial charge in [0.25, 0.3) is 0 Å². The van der Waals surface area contributed by atoms with E-state index >= 15 is 0 Å². The minimum atomic E-state index is -3.74. The van der Waals surface area contributed by atoms with Crippen LogP contribution in [-0.4, -0.2) is 50.8 Å². The van der Waals surface area contributed by atoms with Crippen LogP contribution in [0.15, 0.2) is 47.4 Å². The van der Waals surface area contributed by atoms with Crippen molar-refractivity contribution in [2.24, 2.45) is 5.92 Å². The van der Waals surface area contributed by atoms with Gasteiger partial charge in [-0.1, -0.05) is 11.6 Å². The first-order valence-electron chi connectivity index (χ1n) is 10.9. The van der Waals surface area contributed by atoms with Crippen molar-refractivity contribution >= 4 is 44.8 Å². The Bertz CT molecular complexity index is 1150. The normalized spacial score (nSPS) is 19.2. The lowest BCUT2D eigenvalue weighted by Gasteiger charge is -2.19. The molecule has 176 valence electrons. The molecule has 33 heavy (non-hydrogen) atoms. The van der Waals surface area contributed by atoms with Gasteiger partial charge in [-0.2, -0.15) is 4.31 Å². The van der Waals surface area contributed by atoms with Gasteiger partial charge in [-0.15, -0.1) is 0 Å². The average Bonchev–Trinajstić information content (AvgIpc) is 3.46. The van der Waals surface area contributed by atoms with Crippen molar-refractivity contribution in [2.75, 3.05) is 36.5 Å². The first-order valence-corrected chi connectivity index (χ1v) is 12.7. The Hall–Kier alpha value is -2.62. The Balaban J connectivity index is 1.52. The summed E-state index contributed by atoms with van der Waals surface area (Å²) in [7, 11) is -3.74. The van der Waals surface area contributed by atoms with Gasteiger partial charge in [0.05, 0.1) is 12.5 Å². The summed E-state index contributed by atoms with van der Waals surface area (Å²) in [5.74, 6) is -0.791. The molecule has 2 aromatic carbocycles. The van der Waals surface area contributed by atoms with Crippen LogP contribution in [0.5, 0.6) is 5.75 Å². The van der Waals surface area contributed by atoms with Gasteiger partial charge >= 0.3 is 0 Å². The zero-order chi connectivity index (χ0) is 23.6. The van der Waals surface area contributed by atoms with Crippen LogP contribution in [0, 0.1) is 5.92 Å². The molecule has 2 saturated heterocycles. The van der Waals surface area contributed by atoms with E-state index in [4.69, 9.17) is 16.3 Å². The molecule has 4 rings (SSSR count). The SMILES string of the molecule is CCOc1ccc(NC(=O)C2CC(=O)N(c3ccc(Cl)cc3)C2)cc1S(=O)(=O)N1CCCC1. The fourth-order valence-corrected chi connectivity index (χ4v) is 5.93. The highest BCUT2D eigenvalue weighted by atomic mass is 35.5. The van der Waals surface area contributed by atoms with Crippen LogP contribution >= 0.6 is 11.6 Å². The molecular formula is C23H26ClN3O5S. The molecule has 2 fully saturated rings. The van der Waals surface area contributed by atoms with Crippen LogP contribution in [0.1, 0.15) is 26.2 Å². The van der Waals surface area contributed by atoms with Gasteiger partial charge in [-0.3, -0.25) is 9.59 Å². The third kappa shape index (κ3) is 5.00. The van der Waals surface area contributed by atoms with Gasteiger partial charge in [0.1, 0.15) is 10.6 Å². The Labute approximate surface area is 198 Å². The summed E-state index contributed by atoms with van der Waals surface area (Å²) in [5, 5.41) is 3.35. The summed E-state index contributed by atoms with van der Waals surface area (Å²) >= 11 is 5.92. The smallest absolute Gasteiger partial charge is 0.246 e. The Morgan fingerprint density at radius 2 is 1.85 bits per heavy atom. The van der Waals surface area contributed by atoms with Crippen molar-refractivity contribution in [3.05, 3.63) is 47.5 Å². The van der Waals surface area contributed by atoms with Crippen molar-refractivity contribution in [1.82, 2.24) is 4.31 Å².